The Bertz CT molecular complexity index is 484. The van der Waals surface area contributed by atoms with Gasteiger partial charge in [0.05, 0.1) is 0 Å². The van der Waals surface area contributed by atoms with Crippen LogP contribution in [0.5, 0.6) is 0 Å². The summed E-state index contributed by atoms with van der Waals surface area (Å²) in [5.74, 6) is 0.268. The molecule has 0 saturated heterocycles. The molecule has 82 valence electrons. The lowest BCUT2D eigenvalue weighted by molar-refractivity contribution is 0.440. The smallest absolute Gasteiger partial charge is 0.346 e. The van der Waals surface area contributed by atoms with Crippen LogP contribution in [0.1, 0.15) is 19.3 Å². The van der Waals surface area contributed by atoms with Crippen LogP contribution in [0.2, 0.25) is 0 Å². The number of aryl methyl sites for hydroxylation is 1. The van der Waals surface area contributed by atoms with Crippen LogP contribution in [0.4, 0.5) is 5.82 Å². The maximum atomic E-state index is 11.6. The van der Waals surface area contributed by atoms with Crippen LogP contribution < -0.4 is 16.6 Å². The van der Waals surface area contributed by atoms with Gasteiger partial charge in [0, 0.05) is 20.1 Å². The number of nitrogens with one attached hydrogen (secondary N) is 1. The van der Waals surface area contributed by atoms with E-state index in [-0.39, 0.29) is 11.4 Å². The molecule has 0 radical (unpaired) electrons. The fraction of sp³-hybridized carbons (Fsp3) is 0.667. The molecule has 1 aliphatic rings. The summed E-state index contributed by atoms with van der Waals surface area (Å²) in [5, 5.41) is 6.97. The third-order valence-corrected chi connectivity index (χ3v) is 2.77. The first kappa shape index (κ1) is 9.95. The van der Waals surface area contributed by atoms with E-state index in [0.29, 0.717) is 6.04 Å². The van der Waals surface area contributed by atoms with E-state index in [0.717, 1.165) is 17.4 Å². The number of aromatic nitrogens is 3. The third-order valence-electron chi connectivity index (χ3n) is 2.77. The predicted molar refractivity (Wildman–Crippen MR) is 56.0 cm³/mol. The van der Waals surface area contributed by atoms with E-state index in [1.165, 1.54) is 25.2 Å². The molecule has 1 fully saturated rings. The normalized spacial score (nSPS) is 16.1. The van der Waals surface area contributed by atoms with Crippen molar-refractivity contribution in [2.75, 3.05) is 5.32 Å². The summed E-state index contributed by atoms with van der Waals surface area (Å²) in [5.41, 5.74) is -0.760. The first-order valence-corrected chi connectivity index (χ1v) is 5.00. The first-order chi connectivity index (χ1) is 7.09. The van der Waals surface area contributed by atoms with Crippen LogP contribution in [-0.4, -0.2) is 20.4 Å². The number of hydrogen-bond donors (Lipinski definition) is 1. The standard InChI is InChI=1S/C9H14N4O2/c1-12-8(14)7(10-6-4-3-5-6)11-13(2)9(12)15/h6H,3-5H2,1-2H3,(H,10,11). The van der Waals surface area contributed by atoms with Crippen molar-refractivity contribution in [1.29, 1.82) is 0 Å². The molecule has 1 aromatic heterocycles. The number of rotatable bonds is 2. The van der Waals surface area contributed by atoms with E-state index >= 15 is 0 Å². The van der Waals surface area contributed by atoms with Gasteiger partial charge in [-0.1, -0.05) is 0 Å². The molecule has 6 nitrogen and oxygen atoms in total. The van der Waals surface area contributed by atoms with Gasteiger partial charge in [-0.2, -0.15) is 0 Å². The van der Waals surface area contributed by atoms with E-state index in [9.17, 15) is 9.59 Å². The Hall–Kier alpha value is -1.59. The maximum Gasteiger partial charge on any atom is 0.346 e. The Morgan fingerprint density at radius 3 is 2.53 bits per heavy atom. The zero-order chi connectivity index (χ0) is 11.0. The Kier molecular flexibility index (Phi) is 2.34. The summed E-state index contributed by atoms with van der Waals surface area (Å²) in [7, 11) is 2.99. The Morgan fingerprint density at radius 2 is 2.00 bits per heavy atom. The molecule has 0 amide bonds. The molecule has 0 unspecified atom stereocenters. The largest absolute Gasteiger partial charge is 0.361 e. The first-order valence-electron chi connectivity index (χ1n) is 5.00. The SMILES string of the molecule is Cn1nc(NC2CCC2)c(=O)n(C)c1=O. The van der Waals surface area contributed by atoms with Crippen molar-refractivity contribution in [1.82, 2.24) is 14.3 Å². The molecule has 0 aliphatic heterocycles. The van der Waals surface area contributed by atoms with Crippen molar-refractivity contribution in [3.05, 3.63) is 20.8 Å². The van der Waals surface area contributed by atoms with Crippen molar-refractivity contribution in [2.24, 2.45) is 14.1 Å². The third kappa shape index (κ3) is 1.67. The average molecular weight is 210 g/mol. The van der Waals surface area contributed by atoms with Crippen molar-refractivity contribution < 1.29 is 0 Å². The molecule has 1 aromatic rings. The number of nitrogens with zero attached hydrogens (tertiary/aromatic N) is 3. The minimum Gasteiger partial charge on any atom is -0.361 e. The minimum atomic E-state index is -0.404. The van der Waals surface area contributed by atoms with Crippen LogP contribution >= 0.6 is 0 Å². The quantitative estimate of drug-likeness (QED) is 0.710. The van der Waals surface area contributed by atoms with Crippen molar-refractivity contribution >= 4 is 5.82 Å². The van der Waals surface area contributed by atoms with E-state index < -0.39 is 5.69 Å². The Balaban J connectivity index is 2.38. The molecular weight excluding hydrogens is 196 g/mol. The van der Waals surface area contributed by atoms with Gasteiger partial charge in [0.2, 0.25) is 5.82 Å². The van der Waals surface area contributed by atoms with Crippen molar-refractivity contribution in [3.8, 4) is 0 Å². The molecule has 0 atom stereocenters. The monoisotopic (exact) mass is 210 g/mol. The lowest BCUT2D eigenvalue weighted by atomic mass is 9.93. The highest BCUT2D eigenvalue weighted by molar-refractivity contribution is 5.31. The van der Waals surface area contributed by atoms with Gasteiger partial charge < -0.3 is 5.32 Å². The molecule has 1 heterocycles. The second kappa shape index (κ2) is 3.52. The molecule has 0 bridgehead atoms. The number of anilines is 1. The lowest BCUT2D eigenvalue weighted by Crippen LogP contribution is -2.42. The van der Waals surface area contributed by atoms with Crippen LogP contribution in [0.25, 0.3) is 0 Å². The fourth-order valence-corrected chi connectivity index (χ4v) is 1.53. The van der Waals surface area contributed by atoms with E-state index in [2.05, 4.69) is 10.4 Å². The predicted octanol–water partition coefficient (Wildman–Crippen LogP) is -0.557. The molecule has 0 spiro atoms. The summed E-state index contributed by atoms with van der Waals surface area (Å²) >= 11 is 0. The molecule has 6 heteroatoms. The maximum absolute atomic E-state index is 11.6. The van der Waals surface area contributed by atoms with E-state index in [4.69, 9.17) is 0 Å². The fourth-order valence-electron chi connectivity index (χ4n) is 1.53. The Labute approximate surface area is 86.5 Å². The van der Waals surface area contributed by atoms with Gasteiger partial charge in [-0.25, -0.2) is 9.48 Å². The van der Waals surface area contributed by atoms with Crippen molar-refractivity contribution in [3.63, 3.8) is 0 Å². The lowest BCUT2D eigenvalue weighted by Gasteiger charge is -2.26. The van der Waals surface area contributed by atoms with Gasteiger partial charge in [-0.3, -0.25) is 9.36 Å². The Morgan fingerprint density at radius 1 is 1.33 bits per heavy atom. The second-order valence-corrected chi connectivity index (χ2v) is 3.89. The summed E-state index contributed by atoms with van der Waals surface area (Å²) in [4.78, 5) is 23.0. The van der Waals surface area contributed by atoms with Crippen LogP contribution in [0.15, 0.2) is 9.59 Å². The van der Waals surface area contributed by atoms with Gasteiger partial charge in [-0.15, -0.1) is 5.10 Å². The van der Waals surface area contributed by atoms with Crippen molar-refractivity contribution in [2.45, 2.75) is 25.3 Å². The zero-order valence-electron chi connectivity index (χ0n) is 8.86. The molecule has 1 N–H and O–H groups in total. The van der Waals surface area contributed by atoms with Crippen LogP contribution in [-0.2, 0) is 14.1 Å². The van der Waals surface area contributed by atoms with E-state index in [1.54, 1.807) is 0 Å². The average Bonchev–Trinajstić information content (AvgIpc) is 2.15. The molecule has 15 heavy (non-hydrogen) atoms. The second-order valence-electron chi connectivity index (χ2n) is 3.89. The molecule has 1 aliphatic carbocycles. The summed E-state index contributed by atoms with van der Waals surface area (Å²) in [6, 6.07) is 0.336. The van der Waals surface area contributed by atoms with Crippen LogP contribution in [0, 0.1) is 0 Å². The van der Waals surface area contributed by atoms with Gasteiger partial charge in [0.25, 0.3) is 5.56 Å². The van der Waals surface area contributed by atoms with Gasteiger partial charge in [0.15, 0.2) is 0 Å². The summed E-state index contributed by atoms with van der Waals surface area (Å²) in [6.45, 7) is 0. The van der Waals surface area contributed by atoms with E-state index in [1.807, 2.05) is 0 Å². The molecule has 0 aromatic carbocycles. The molecule has 1 saturated carbocycles. The zero-order valence-corrected chi connectivity index (χ0v) is 8.86. The highest BCUT2D eigenvalue weighted by Crippen LogP contribution is 2.20. The van der Waals surface area contributed by atoms with Gasteiger partial charge >= 0.3 is 5.69 Å². The van der Waals surface area contributed by atoms with Crippen LogP contribution in [0.3, 0.4) is 0 Å². The summed E-state index contributed by atoms with van der Waals surface area (Å²) < 4.78 is 2.23. The minimum absolute atomic E-state index is 0.268. The highest BCUT2D eigenvalue weighted by atomic mass is 16.2. The number of hydrogen-bond acceptors (Lipinski definition) is 4. The highest BCUT2D eigenvalue weighted by Gasteiger charge is 2.19. The molecular formula is C9H14N4O2. The van der Waals surface area contributed by atoms with Gasteiger partial charge in [0.1, 0.15) is 0 Å². The molecule has 2 rings (SSSR count). The van der Waals surface area contributed by atoms with Gasteiger partial charge in [-0.05, 0) is 19.3 Å². The topological polar surface area (TPSA) is 68.9 Å². The summed E-state index contributed by atoms with van der Waals surface area (Å²) in [6.07, 6.45) is 3.31.